The molecule has 1 unspecified atom stereocenters. The molecule has 14 heavy (non-hydrogen) atoms. The van der Waals surface area contributed by atoms with Gasteiger partial charge in [-0.3, -0.25) is 0 Å². The molecule has 0 saturated carbocycles. The summed E-state index contributed by atoms with van der Waals surface area (Å²) in [5, 5.41) is 9.20. The number of allylic oxidation sites excluding steroid dienone is 1. The van der Waals surface area contributed by atoms with Gasteiger partial charge in [0.25, 0.3) is 0 Å². The highest BCUT2D eigenvalue weighted by Crippen LogP contribution is 2.19. The van der Waals surface area contributed by atoms with Crippen LogP contribution in [0, 0.1) is 0 Å². The molecule has 0 spiro atoms. The summed E-state index contributed by atoms with van der Waals surface area (Å²) < 4.78 is 5.12. The molecule has 0 heterocycles. The summed E-state index contributed by atoms with van der Waals surface area (Å²) >= 11 is 0. The van der Waals surface area contributed by atoms with E-state index in [1.54, 1.807) is 14.0 Å². The average Bonchev–Trinajstić information content (AvgIpc) is 2.17. The Morgan fingerprint density at radius 1 is 1.50 bits per heavy atom. The van der Waals surface area contributed by atoms with Crippen LogP contribution in [0.25, 0.3) is 5.57 Å². The maximum Gasteiger partial charge on any atom is 0.119 e. The van der Waals surface area contributed by atoms with Crippen molar-refractivity contribution in [2.75, 3.05) is 7.11 Å². The molecule has 1 atom stereocenters. The number of rotatable bonds is 3. The van der Waals surface area contributed by atoms with Crippen LogP contribution < -0.4 is 4.74 Å². The van der Waals surface area contributed by atoms with Gasteiger partial charge in [-0.25, -0.2) is 0 Å². The monoisotopic (exact) mass is 192 g/mol. The van der Waals surface area contributed by atoms with Gasteiger partial charge in [0.15, 0.2) is 0 Å². The van der Waals surface area contributed by atoms with E-state index in [1.807, 2.05) is 37.3 Å². The highest BCUT2D eigenvalue weighted by atomic mass is 16.5. The molecule has 0 saturated heterocycles. The van der Waals surface area contributed by atoms with Crippen molar-refractivity contribution in [3.63, 3.8) is 0 Å². The zero-order valence-corrected chi connectivity index (χ0v) is 8.82. The molecule has 0 aliphatic heterocycles. The van der Waals surface area contributed by atoms with E-state index >= 15 is 0 Å². The van der Waals surface area contributed by atoms with Crippen LogP contribution in [0.3, 0.4) is 0 Å². The number of methoxy groups -OCH3 is 1. The van der Waals surface area contributed by atoms with Crippen LogP contribution in [0.2, 0.25) is 0 Å². The highest BCUT2D eigenvalue weighted by molar-refractivity contribution is 5.65. The summed E-state index contributed by atoms with van der Waals surface area (Å²) in [6, 6.07) is 7.79. The van der Waals surface area contributed by atoms with Gasteiger partial charge in [-0.1, -0.05) is 18.2 Å². The molecule has 0 bridgehead atoms. The van der Waals surface area contributed by atoms with Crippen molar-refractivity contribution < 1.29 is 9.84 Å². The third-order valence-electron chi connectivity index (χ3n) is 2.02. The van der Waals surface area contributed by atoms with Gasteiger partial charge in [0.1, 0.15) is 5.75 Å². The minimum atomic E-state index is -0.416. The zero-order valence-electron chi connectivity index (χ0n) is 8.82. The minimum absolute atomic E-state index is 0.416. The number of ether oxygens (including phenoxy) is 1. The molecule has 0 amide bonds. The van der Waals surface area contributed by atoms with Crippen LogP contribution in [-0.4, -0.2) is 18.3 Å². The fourth-order valence-corrected chi connectivity index (χ4v) is 1.33. The van der Waals surface area contributed by atoms with Crippen molar-refractivity contribution in [2.45, 2.75) is 20.0 Å². The molecular formula is C12H16O2. The zero-order chi connectivity index (χ0) is 10.6. The number of aliphatic hydroxyl groups is 1. The molecule has 2 heteroatoms. The van der Waals surface area contributed by atoms with E-state index in [-0.39, 0.29) is 0 Å². The molecule has 2 nitrogen and oxygen atoms in total. The van der Waals surface area contributed by atoms with Crippen molar-refractivity contribution in [3.05, 3.63) is 35.9 Å². The molecule has 1 aromatic rings. The van der Waals surface area contributed by atoms with Gasteiger partial charge >= 0.3 is 0 Å². The summed E-state index contributed by atoms with van der Waals surface area (Å²) in [5.74, 6) is 0.834. The minimum Gasteiger partial charge on any atom is -0.497 e. The van der Waals surface area contributed by atoms with Gasteiger partial charge < -0.3 is 9.84 Å². The third-order valence-corrected chi connectivity index (χ3v) is 2.02. The van der Waals surface area contributed by atoms with E-state index < -0.39 is 6.10 Å². The van der Waals surface area contributed by atoms with Gasteiger partial charge in [0.2, 0.25) is 0 Å². The van der Waals surface area contributed by atoms with E-state index in [1.165, 1.54) is 0 Å². The Bertz CT molecular complexity index is 327. The first-order chi connectivity index (χ1) is 6.63. The van der Waals surface area contributed by atoms with E-state index in [9.17, 15) is 5.11 Å². The second-order valence-electron chi connectivity index (χ2n) is 3.32. The van der Waals surface area contributed by atoms with E-state index in [2.05, 4.69) is 0 Å². The average molecular weight is 192 g/mol. The quantitative estimate of drug-likeness (QED) is 0.797. The van der Waals surface area contributed by atoms with Crippen molar-refractivity contribution in [1.82, 2.24) is 0 Å². The summed E-state index contributed by atoms with van der Waals surface area (Å²) in [6.45, 7) is 3.71. The Morgan fingerprint density at radius 3 is 2.79 bits per heavy atom. The molecule has 0 aromatic heterocycles. The number of aliphatic hydroxyl groups excluding tert-OH is 1. The Kier molecular flexibility index (Phi) is 3.72. The summed E-state index contributed by atoms with van der Waals surface area (Å²) in [6.07, 6.45) is 1.40. The lowest BCUT2D eigenvalue weighted by atomic mass is 10.1. The highest BCUT2D eigenvalue weighted by Gasteiger charge is 1.99. The predicted octanol–water partition coefficient (Wildman–Crippen LogP) is 2.48. The largest absolute Gasteiger partial charge is 0.497 e. The van der Waals surface area contributed by atoms with Crippen LogP contribution in [0.1, 0.15) is 19.4 Å². The SMILES string of the molecule is COc1cccc(/C(C)=C/C(C)O)c1. The smallest absolute Gasteiger partial charge is 0.119 e. The van der Waals surface area contributed by atoms with Crippen LogP contribution >= 0.6 is 0 Å². The first-order valence-electron chi connectivity index (χ1n) is 4.64. The molecule has 0 aliphatic carbocycles. The van der Waals surface area contributed by atoms with Crippen LogP contribution in [0.5, 0.6) is 5.75 Å². The van der Waals surface area contributed by atoms with E-state index in [0.29, 0.717) is 0 Å². The number of hydrogen-bond acceptors (Lipinski definition) is 2. The van der Waals surface area contributed by atoms with Crippen molar-refractivity contribution in [3.8, 4) is 5.75 Å². The van der Waals surface area contributed by atoms with Gasteiger partial charge in [-0.2, -0.15) is 0 Å². The van der Waals surface area contributed by atoms with Gasteiger partial charge in [-0.05, 0) is 37.1 Å². The maximum atomic E-state index is 9.20. The predicted molar refractivity (Wildman–Crippen MR) is 58.3 cm³/mol. The third kappa shape index (κ3) is 2.89. The lowest BCUT2D eigenvalue weighted by Gasteiger charge is -2.05. The Labute approximate surface area is 84.8 Å². The first kappa shape index (κ1) is 10.8. The van der Waals surface area contributed by atoms with Gasteiger partial charge in [-0.15, -0.1) is 0 Å². The number of hydrogen-bond donors (Lipinski definition) is 1. The molecule has 0 radical (unpaired) electrons. The molecule has 0 aliphatic rings. The molecule has 1 rings (SSSR count). The normalized spacial score (nSPS) is 13.9. The lowest BCUT2D eigenvalue weighted by Crippen LogP contribution is -1.94. The maximum absolute atomic E-state index is 9.20. The molecule has 1 aromatic carbocycles. The Balaban J connectivity index is 2.95. The number of benzene rings is 1. The second-order valence-corrected chi connectivity index (χ2v) is 3.32. The lowest BCUT2D eigenvalue weighted by molar-refractivity contribution is 0.244. The van der Waals surface area contributed by atoms with E-state index in [4.69, 9.17) is 4.74 Å². The summed E-state index contributed by atoms with van der Waals surface area (Å²) in [4.78, 5) is 0. The van der Waals surface area contributed by atoms with Gasteiger partial charge in [0, 0.05) is 0 Å². The second kappa shape index (κ2) is 4.82. The molecule has 0 fully saturated rings. The van der Waals surface area contributed by atoms with Crippen LogP contribution in [0.15, 0.2) is 30.3 Å². The molecular weight excluding hydrogens is 176 g/mol. The Hall–Kier alpha value is -1.28. The first-order valence-corrected chi connectivity index (χ1v) is 4.64. The van der Waals surface area contributed by atoms with E-state index in [0.717, 1.165) is 16.9 Å². The standard InChI is InChI=1S/C12H16O2/c1-9(7-10(2)13)11-5-4-6-12(8-11)14-3/h4-8,10,13H,1-3H3/b9-7+. The fourth-order valence-electron chi connectivity index (χ4n) is 1.33. The Morgan fingerprint density at radius 2 is 2.21 bits per heavy atom. The summed E-state index contributed by atoms with van der Waals surface area (Å²) in [7, 11) is 1.65. The fraction of sp³-hybridized carbons (Fsp3) is 0.333. The van der Waals surface area contributed by atoms with Crippen molar-refractivity contribution in [1.29, 1.82) is 0 Å². The molecule has 1 N–H and O–H groups in total. The molecule has 76 valence electrons. The van der Waals surface area contributed by atoms with Gasteiger partial charge in [0.05, 0.1) is 13.2 Å². The van der Waals surface area contributed by atoms with Crippen molar-refractivity contribution >= 4 is 5.57 Å². The van der Waals surface area contributed by atoms with Crippen molar-refractivity contribution in [2.24, 2.45) is 0 Å². The van der Waals surface area contributed by atoms with Crippen LogP contribution in [0.4, 0.5) is 0 Å². The topological polar surface area (TPSA) is 29.5 Å². The van der Waals surface area contributed by atoms with Crippen LogP contribution in [-0.2, 0) is 0 Å². The summed E-state index contributed by atoms with van der Waals surface area (Å²) in [5.41, 5.74) is 2.13.